The molecular formula is C14H17NO4. The summed E-state index contributed by atoms with van der Waals surface area (Å²) in [5.74, 6) is 1.06. The van der Waals surface area contributed by atoms with E-state index in [9.17, 15) is 9.59 Å². The maximum Gasteiger partial charge on any atom is 0.229 e. The zero-order chi connectivity index (χ0) is 13.7. The van der Waals surface area contributed by atoms with Crippen LogP contribution in [-0.2, 0) is 9.59 Å². The van der Waals surface area contributed by atoms with Gasteiger partial charge < -0.3 is 9.47 Å². The van der Waals surface area contributed by atoms with Gasteiger partial charge in [-0.25, -0.2) is 0 Å². The van der Waals surface area contributed by atoms with E-state index in [2.05, 4.69) is 0 Å². The largest absolute Gasteiger partial charge is 0.490 e. The molecule has 2 rings (SSSR count). The van der Waals surface area contributed by atoms with Crippen molar-refractivity contribution < 1.29 is 19.1 Å². The monoisotopic (exact) mass is 263 g/mol. The molecule has 0 spiro atoms. The number of imide groups is 1. The summed E-state index contributed by atoms with van der Waals surface area (Å²) in [6.45, 7) is 3.03. The van der Waals surface area contributed by atoms with Gasteiger partial charge in [0.1, 0.15) is 6.61 Å². The van der Waals surface area contributed by atoms with E-state index < -0.39 is 0 Å². The second kappa shape index (κ2) is 6.22. The Morgan fingerprint density at radius 3 is 2.21 bits per heavy atom. The number of carbonyl (C=O) groups excluding carboxylic acids is 2. The Kier molecular flexibility index (Phi) is 4.39. The highest BCUT2D eigenvalue weighted by Gasteiger charge is 2.28. The molecule has 1 heterocycles. The van der Waals surface area contributed by atoms with Crippen LogP contribution in [0.4, 0.5) is 0 Å². The van der Waals surface area contributed by atoms with Crippen molar-refractivity contribution in [2.45, 2.75) is 19.8 Å². The van der Waals surface area contributed by atoms with Crippen LogP contribution >= 0.6 is 0 Å². The van der Waals surface area contributed by atoms with Crippen LogP contribution in [-0.4, -0.2) is 36.5 Å². The standard InChI is InChI=1S/C14H17NO4/c1-2-18-11-5-3-4-6-12(11)19-10-9-15-13(16)7-8-14(15)17/h3-6H,2,7-10H2,1H3. The highest BCUT2D eigenvalue weighted by Crippen LogP contribution is 2.26. The van der Waals surface area contributed by atoms with Gasteiger partial charge >= 0.3 is 0 Å². The normalized spacial score (nSPS) is 14.9. The first-order valence-electron chi connectivity index (χ1n) is 6.40. The van der Waals surface area contributed by atoms with Crippen LogP contribution in [0.15, 0.2) is 24.3 Å². The molecule has 0 aliphatic carbocycles. The first kappa shape index (κ1) is 13.4. The van der Waals surface area contributed by atoms with Gasteiger partial charge in [0.2, 0.25) is 11.8 Å². The molecule has 0 unspecified atom stereocenters. The molecule has 5 heteroatoms. The van der Waals surface area contributed by atoms with E-state index in [4.69, 9.17) is 9.47 Å². The van der Waals surface area contributed by atoms with Crippen LogP contribution in [0.25, 0.3) is 0 Å². The van der Waals surface area contributed by atoms with Gasteiger partial charge in [0.25, 0.3) is 0 Å². The summed E-state index contributed by atoms with van der Waals surface area (Å²) in [6.07, 6.45) is 0.628. The Balaban J connectivity index is 1.89. The molecule has 0 radical (unpaired) electrons. The van der Waals surface area contributed by atoms with Crippen LogP contribution in [0.5, 0.6) is 11.5 Å². The fraction of sp³-hybridized carbons (Fsp3) is 0.429. The molecule has 0 N–H and O–H groups in total. The smallest absolute Gasteiger partial charge is 0.229 e. The minimum atomic E-state index is -0.119. The minimum absolute atomic E-state index is 0.119. The van der Waals surface area contributed by atoms with E-state index >= 15 is 0 Å². The zero-order valence-electron chi connectivity index (χ0n) is 10.9. The van der Waals surface area contributed by atoms with Crippen molar-refractivity contribution in [3.8, 4) is 11.5 Å². The molecular weight excluding hydrogens is 246 g/mol. The number of amides is 2. The third-order valence-electron chi connectivity index (χ3n) is 2.88. The molecule has 19 heavy (non-hydrogen) atoms. The number of rotatable bonds is 6. The highest BCUT2D eigenvalue weighted by molar-refractivity contribution is 6.01. The molecule has 102 valence electrons. The van der Waals surface area contributed by atoms with Crippen LogP contribution in [0, 0.1) is 0 Å². The van der Waals surface area contributed by atoms with Crippen molar-refractivity contribution in [2.24, 2.45) is 0 Å². The molecule has 1 aliphatic rings. The maximum atomic E-state index is 11.4. The van der Waals surface area contributed by atoms with Crippen molar-refractivity contribution in [1.82, 2.24) is 4.90 Å². The summed E-state index contributed by atoms with van der Waals surface area (Å²) in [5, 5.41) is 0. The molecule has 5 nitrogen and oxygen atoms in total. The molecule has 0 atom stereocenters. The summed E-state index contributed by atoms with van der Waals surface area (Å²) >= 11 is 0. The number of para-hydroxylation sites is 2. The second-order valence-corrected chi connectivity index (χ2v) is 4.17. The lowest BCUT2D eigenvalue weighted by Gasteiger charge is -2.15. The number of carbonyl (C=O) groups is 2. The van der Waals surface area contributed by atoms with Gasteiger partial charge in [-0.3, -0.25) is 14.5 Å². The van der Waals surface area contributed by atoms with Crippen molar-refractivity contribution >= 4 is 11.8 Å². The van der Waals surface area contributed by atoms with Gasteiger partial charge in [0, 0.05) is 12.8 Å². The van der Waals surface area contributed by atoms with Crippen molar-refractivity contribution in [3.63, 3.8) is 0 Å². The van der Waals surface area contributed by atoms with Crippen molar-refractivity contribution in [2.75, 3.05) is 19.8 Å². The lowest BCUT2D eigenvalue weighted by atomic mass is 10.3. The molecule has 0 bridgehead atoms. The topological polar surface area (TPSA) is 55.8 Å². The molecule has 1 aromatic carbocycles. The number of hydrogen-bond donors (Lipinski definition) is 0. The molecule has 0 saturated carbocycles. The predicted octanol–water partition coefficient (Wildman–Crippen LogP) is 1.61. The molecule has 1 fully saturated rings. The fourth-order valence-electron chi connectivity index (χ4n) is 1.96. The van der Waals surface area contributed by atoms with Crippen LogP contribution in [0.2, 0.25) is 0 Å². The molecule has 1 aliphatic heterocycles. The number of ether oxygens (including phenoxy) is 2. The van der Waals surface area contributed by atoms with Crippen LogP contribution in [0.3, 0.4) is 0 Å². The van der Waals surface area contributed by atoms with Gasteiger partial charge in [-0.15, -0.1) is 0 Å². The summed E-state index contributed by atoms with van der Waals surface area (Å²) < 4.78 is 11.0. The molecule has 1 aromatic rings. The Labute approximate surface area is 112 Å². The van der Waals surface area contributed by atoms with Crippen LogP contribution < -0.4 is 9.47 Å². The fourth-order valence-corrected chi connectivity index (χ4v) is 1.96. The molecule has 2 amide bonds. The second-order valence-electron chi connectivity index (χ2n) is 4.17. The van der Waals surface area contributed by atoms with Crippen LogP contribution in [0.1, 0.15) is 19.8 Å². The first-order valence-corrected chi connectivity index (χ1v) is 6.40. The summed E-state index contributed by atoms with van der Waals surface area (Å²) in [7, 11) is 0. The van der Waals surface area contributed by atoms with E-state index in [0.717, 1.165) is 0 Å². The van der Waals surface area contributed by atoms with E-state index in [1.807, 2.05) is 25.1 Å². The van der Waals surface area contributed by atoms with Gasteiger partial charge in [-0.1, -0.05) is 12.1 Å². The van der Waals surface area contributed by atoms with E-state index in [-0.39, 0.29) is 25.0 Å². The van der Waals surface area contributed by atoms with Crippen molar-refractivity contribution in [1.29, 1.82) is 0 Å². The summed E-state index contributed by atoms with van der Waals surface area (Å²) in [6, 6.07) is 7.35. The summed E-state index contributed by atoms with van der Waals surface area (Å²) in [5.41, 5.74) is 0. The Hall–Kier alpha value is -2.04. The third-order valence-corrected chi connectivity index (χ3v) is 2.88. The van der Waals surface area contributed by atoms with E-state index in [1.54, 1.807) is 6.07 Å². The maximum absolute atomic E-state index is 11.4. The van der Waals surface area contributed by atoms with Crippen molar-refractivity contribution in [3.05, 3.63) is 24.3 Å². The number of nitrogens with zero attached hydrogens (tertiary/aromatic N) is 1. The Morgan fingerprint density at radius 1 is 1.05 bits per heavy atom. The lowest BCUT2D eigenvalue weighted by molar-refractivity contribution is -0.138. The highest BCUT2D eigenvalue weighted by atomic mass is 16.5. The third kappa shape index (κ3) is 3.24. The number of hydrogen-bond acceptors (Lipinski definition) is 4. The molecule has 0 aromatic heterocycles. The minimum Gasteiger partial charge on any atom is -0.490 e. The zero-order valence-corrected chi connectivity index (χ0v) is 10.9. The Morgan fingerprint density at radius 2 is 1.63 bits per heavy atom. The van der Waals surface area contributed by atoms with E-state index in [0.29, 0.717) is 30.9 Å². The quantitative estimate of drug-likeness (QED) is 0.732. The average molecular weight is 263 g/mol. The number of benzene rings is 1. The SMILES string of the molecule is CCOc1ccccc1OCCN1C(=O)CCC1=O. The van der Waals surface area contributed by atoms with Gasteiger partial charge in [0.15, 0.2) is 11.5 Å². The average Bonchev–Trinajstić information content (AvgIpc) is 2.72. The first-order chi connectivity index (χ1) is 9.22. The Bertz CT molecular complexity index is 456. The summed E-state index contributed by atoms with van der Waals surface area (Å²) in [4.78, 5) is 24.1. The van der Waals surface area contributed by atoms with Gasteiger partial charge in [0.05, 0.1) is 13.2 Å². The van der Waals surface area contributed by atoms with Gasteiger partial charge in [-0.2, -0.15) is 0 Å². The lowest BCUT2D eigenvalue weighted by Crippen LogP contribution is -2.33. The van der Waals surface area contributed by atoms with Gasteiger partial charge in [-0.05, 0) is 19.1 Å². The number of likely N-dealkylation sites (tertiary alicyclic amines) is 1. The molecule has 1 saturated heterocycles. The predicted molar refractivity (Wildman–Crippen MR) is 69.1 cm³/mol. The van der Waals surface area contributed by atoms with E-state index in [1.165, 1.54) is 4.90 Å².